The summed E-state index contributed by atoms with van der Waals surface area (Å²) >= 11 is 5.33. The Bertz CT molecular complexity index is 1580. The molecule has 0 atom stereocenters. The van der Waals surface area contributed by atoms with E-state index in [4.69, 9.17) is 26.9 Å². The quantitative estimate of drug-likeness (QED) is 0.0935. The van der Waals surface area contributed by atoms with Crippen LogP contribution >= 0.6 is 12.2 Å². The maximum Gasteiger partial charge on any atom is 0.345 e. The van der Waals surface area contributed by atoms with Gasteiger partial charge < -0.3 is 39.2 Å². The van der Waals surface area contributed by atoms with Crippen LogP contribution < -0.4 is 32.3 Å². The van der Waals surface area contributed by atoms with Gasteiger partial charge in [-0.05, 0) is 64.2 Å². The van der Waals surface area contributed by atoms with E-state index in [0.29, 0.717) is 10.8 Å². The molecule has 4 rings (SSSR count). The summed E-state index contributed by atoms with van der Waals surface area (Å²) < 4.78 is 11.1. The predicted molar refractivity (Wildman–Crippen MR) is 165 cm³/mol. The molecule has 2 heterocycles. The number of anilines is 2. The average Bonchev–Trinajstić information content (AvgIpc) is 2.97. The Hall–Kier alpha value is -4.29. The van der Waals surface area contributed by atoms with Crippen molar-refractivity contribution in [3.63, 3.8) is 0 Å². The van der Waals surface area contributed by atoms with Gasteiger partial charge in [0.2, 0.25) is 0 Å². The van der Waals surface area contributed by atoms with Crippen LogP contribution in [0.1, 0.15) is 38.8 Å². The van der Waals surface area contributed by atoms with Crippen molar-refractivity contribution in [3.8, 4) is 11.5 Å². The lowest BCUT2D eigenvalue weighted by Gasteiger charge is -2.25. The van der Waals surface area contributed by atoms with E-state index >= 15 is 0 Å². The molecule has 0 spiro atoms. The predicted octanol–water partition coefficient (Wildman–Crippen LogP) is 3.75. The maximum atomic E-state index is 13.0. The Balaban J connectivity index is 1.72. The molecule has 0 aliphatic carbocycles. The Morgan fingerprint density at radius 2 is 1.17 bits per heavy atom. The number of fused-ring (bicyclic) bond motifs is 2. The molecule has 0 aliphatic heterocycles. The summed E-state index contributed by atoms with van der Waals surface area (Å²) in [6.45, 7) is 10.6. The van der Waals surface area contributed by atoms with Gasteiger partial charge in [-0.1, -0.05) is 0 Å². The number of hydrogen-bond acceptors (Lipinski definition) is 10. The molecular weight excluding hydrogens is 546 g/mol. The third-order valence-corrected chi connectivity index (χ3v) is 7.65. The molecule has 5 N–H and O–H groups in total. The molecule has 0 amide bonds. The molecule has 0 bridgehead atoms. The molecule has 218 valence electrons. The highest BCUT2D eigenvalue weighted by atomic mass is 32.1. The molecule has 0 saturated heterocycles. The highest BCUT2D eigenvalue weighted by molar-refractivity contribution is 7.80. The van der Waals surface area contributed by atoms with E-state index in [1.807, 2.05) is 39.8 Å². The largest absolute Gasteiger partial charge is 0.507 e. The SMILES string of the molecule is CCN(CC)c1ccc2c(O)c(CN(Cc3c(O)c4ccc(N(CC)CC)cc4oc3=O)C(=S)NN)c(=O)oc2c1. The molecular formula is C29H35N5O6S. The second kappa shape index (κ2) is 12.5. The van der Waals surface area contributed by atoms with Crippen molar-refractivity contribution in [3.05, 3.63) is 68.4 Å². The van der Waals surface area contributed by atoms with Gasteiger partial charge in [-0.3, -0.25) is 0 Å². The van der Waals surface area contributed by atoms with Crippen LogP contribution in [-0.4, -0.2) is 46.4 Å². The molecule has 0 radical (unpaired) electrons. The van der Waals surface area contributed by atoms with Gasteiger partial charge in [0.05, 0.1) is 35.0 Å². The van der Waals surface area contributed by atoms with Crippen LogP contribution in [0.5, 0.6) is 11.5 Å². The minimum atomic E-state index is -0.768. The summed E-state index contributed by atoms with van der Waals surface area (Å²) in [6, 6.07) is 10.5. The third-order valence-electron chi connectivity index (χ3n) is 7.28. The number of hydrogen-bond donors (Lipinski definition) is 4. The monoisotopic (exact) mass is 581 g/mol. The molecule has 4 aromatic rings. The molecule has 0 saturated carbocycles. The van der Waals surface area contributed by atoms with Crippen molar-refractivity contribution in [2.45, 2.75) is 40.8 Å². The Kier molecular flexibility index (Phi) is 9.04. The zero-order chi connectivity index (χ0) is 29.8. The van der Waals surface area contributed by atoms with Crippen LogP contribution in [0.15, 0.2) is 54.8 Å². The minimum absolute atomic E-state index is 0.0310. The molecule has 0 aliphatic rings. The fraction of sp³-hybridized carbons (Fsp3) is 0.345. The van der Waals surface area contributed by atoms with E-state index in [1.165, 1.54) is 4.90 Å². The van der Waals surface area contributed by atoms with E-state index in [0.717, 1.165) is 37.6 Å². The number of aromatic hydroxyl groups is 2. The van der Waals surface area contributed by atoms with Crippen LogP contribution in [0.2, 0.25) is 0 Å². The van der Waals surface area contributed by atoms with E-state index < -0.39 is 11.3 Å². The third kappa shape index (κ3) is 5.79. The number of rotatable bonds is 10. The lowest BCUT2D eigenvalue weighted by Crippen LogP contribution is -2.43. The molecule has 11 nitrogen and oxygen atoms in total. The number of benzene rings is 2. The second-order valence-electron chi connectivity index (χ2n) is 9.44. The van der Waals surface area contributed by atoms with Gasteiger partial charge >= 0.3 is 11.3 Å². The molecule has 2 aromatic carbocycles. The minimum Gasteiger partial charge on any atom is -0.507 e. The van der Waals surface area contributed by atoms with Gasteiger partial charge in [0.25, 0.3) is 0 Å². The number of hydrazine groups is 1. The van der Waals surface area contributed by atoms with Gasteiger partial charge in [0.15, 0.2) is 5.11 Å². The first-order valence-corrected chi connectivity index (χ1v) is 13.9. The molecule has 0 unspecified atom stereocenters. The van der Waals surface area contributed by atoms with Crippen molar-refractivity contribution in [1.29, 1.82) is 0 Å². The van der Waals surface area contributed by atoms with E-state index in [2.05, 4.69) is 15.2 Å². The van der Waals surface area contributed by atoms with Gasteiger partial charge in [-0.15, -0.1) is 0 Å². The average molecular weight is 582 g/mol. The second-order valence-corrected chi connectivity index (χ2v) is 9.83. The van der Waals surface area contributed by atoms with Crippen LogP contribution in [-0.2, 0) is 13.1 Å². The zero-order valence-corrected chi connectivity index (χ0v) is 24.4. The Labute approximate surface area is 242 Å². The summed E-state index contributed by atoms with van der Waals surface area (Å²) in [5, 5.41) is 22.8. The highest BCUT2D eigenvalue weighted by Gasteiger charge is 2.23. The normalized spacial score (nSPS) is 11.1. The fourth-order valence-electron chi connectivity index (χ4n) is 4.95. The Morgan fingerprint density at radius 3 is 1.51 bits per heavy atom. The van der Waals surface area contributed by atoms with Gasteiger partial charge in [-0.25, -0.2) is 15.4 Å². The van der Waals surface area contributed by atoms with Crippen molar-refractivity contribution >= 4 is 50.6 Å². The van der Waals surface area contributed by atoms with Gasteiger partial charge in [0.1, 0.15) is 22.7 Å². The smallest absolute Gasteiger partial charge is 0.345 e. The van der Waals surface area contributed by atoms with Gasteiger partial charge in [-0.2, -0.15) is 0 Å². The number of nitrogens with zero attached hydrogens (tertiary/aromatic N) is 3. The summed E-state index contributed by atoms with van der Waals surface area (Å²) in [6.07, 6.45) is 0. The number of nitrogens with one attached hydrogen (secondary N) is 1. The van der Waals surface area contributed by atoms with Crippen molar-refractivity contribution in [2.24, 2.45) is 5.84 Å². The molecule has 2 aromatic heterocycles. The fourth-order valence-corrected chi connectivity index (χ4v) is 5.07. The molecule has 0 fully saturated rings. The van der Waals surface area contributed by atoms with Crippen molar-refractivity contribution in [2.75, 3.05) is 36.0 Å². The van der Waals surface area contributed by atoms with Crippen LogP contribution in [0, 0.1) is 0 Å². The lowest BCUT2D eigenvalue weighted by atomic mass is 10.1. The van der Waals surface area contributed by atoms with Crippen molar-refractivity contribution in [1.82, 2.24) is 10.3 Å². The molecule has 12 heteroatoms. The van der Waals surface area contributed by atoms with Crippen LogP contribution in [0.4, 0.5) is 11.4 Å². The first-order chi connectivity index (χ1) is 19.7. The lowest BCUT2D eigenvalue weighted by molar-refractivity contribution is 0.358. The summed E-state index contributed by atoms with van der Waals surface area (Å²) in [5.41, 5.74) is 2.83. The van der Waals surface area contributed by atoms with E-state index in [-0.39, 0.29) is 52.0 Å². The van der Waals surface area contributed by atoms with E-state index in [1.54, 1.807) is 24.3 Å². The summed E-state index contributed by atoms with van der Waals surface area (Å²) in [5.74, 6) is 5.04. The number of thiocarbonyl (C=S) groups is 1. The maximum absolute atomic E-state index is 13.0. The Morgan fingerprint density at radius 1 is 0.780 bits per heavy atom. The molecule has 41 heavy (non-hydrogen) atoms. The van der Waals surface area contributed by atoms with Crippen molar-refractivity contribution < 1.29 is 19.0 Å². The first-order valence-electron chi connectivity index (χ1n) is 13.5. The topological polar surface area (TPSA) is 149 Å². The van der Waals surface area contributed by atoms with E-state index in [9.17, 15) is 19.8 Å². The number of nitrogens with two attached hydrogens (primary N) is 1. The van der Waals surface area contributed by atoms with Crippen LogP contribution in [0.3, 0.4) is 0 Å². The highest BCUT2D eigenvalue weighted by Crippen LogP contribution is 2.33. The standard InChI is InChI=1S/C29H35N5O6S/c1-5-32(6-2)17-9-11-19-23(13-17)39-27(37)21(25(19)35)15-34(29(41)31-30)16-22-26(36)20-12-10-18(33(7-3)8-4)14-24(20)40-28(22)38/h9-14,35-36H,5-8,15-16,30H2,1-4H3,(H,31,41). The summed E-state index contributed by atoms with van der Waals surface area (Å²) in [4.78, 5) is 31.6. The first kappa shape index (κ1) is 29.7. The summed E-state index contributed by atoms with van der Waals surface area (Å²) in [7, 11) is 0. The van der Waals surface area contributed by atoms with Crippen LogP contribution in [0.25, 0.3) is 21.9 Å². The zero-order valence-electron chi connectivity index (χ0n) is 23.6. The van der Waals surface area contributed by atoms with Gasteiger partial charge in [0, 0.05) is 49.7 Å².